The van der Waals surface area contributed by atoms with E-state index in [4.69, 9.17) is 9.47 Å². The Balaban J connectivity index is 1.55. The van der Waals surface area contributed by atoms with Crippen LogP contribution in [-0.2, 0) is 25.6 Å². The molecule has 10 atom stereocenters. The van der Waals surface area contributed by atoms with Gasteiger partial charge in [0.2, 0.25) is 0 Å². The smallest absolute Gasteiger partial charge is 0.252 e. The Morgan fingerprint density at radius 1 is 0.692 bits per heavy atom. The zero-order valence-corrected chi connectivity index (χ0v) is 22.8. The lowest BCUT2D eigenvalue weighted by atomic mass is 9.98. The van der Waals surface area contributed by atoms with Gasteiger partial charge in [-0.05, 0) is 40.3 Å². The molecule has 1 aromatic rings. The lowest BCUT2D eigenvalue weighted by Crippen LogP contribution is -2.61. The number of hydrogen-bond donors (Lipinski definition) is 10. The minimum absolute atomic E-state index is 0.0548. The minimum atomic E-state index is -1.85. The lowest BCUT2D eigenvalue weighted by Gasteiger charge is -2.37. The van der Waals surface area contributed by atoms with Crippen LogP contribution >= 0.6 is 22.6 Å². The Kier molecular flexibility index (Phi) is 11.8. The number of benzene rings is 1. The van der Waals surface area contributed by atoms with E-state index < -0.39 is 73.2 Å². The number of nitrogens with zero attached hydrogens (tertiary/aromatic N) is 1. The van der Waals surface area contributed by atoms with E-state index in [0.717, 1.165) is 9.13 Å². The van der Waals surface area contributed by atoms with E-state index in [1.165, 1.54) is 0 Å². The second kappa shape index (κ2) is 14.4. The van der Waals surface area contributed by atoms with Crippen molar-refractivity contribution < 1.29 is 59.9 Å². The monoisotopic (exact) mass is 671 g/mol. The number of carbonyl (C=O) groups excluding carboxylic acids is 2. The Labute approximate surface area is 237 Å². The predicted octanol–water partition coefficient (Wildman–Crippen LogP) is -5.07. The molecule has 0 spiro atoms. The maximum absolute atomic E-state index is 12.5. The summed E-state index contributed by atoms with van der Waals surface area (Å²) < 4.78 is 10.9. The standard InChI is InChI=1S/C23H34IN3O12/c24-11-3-1-10(2-4-11)9-27(7-5-25-20(34)18-14(30)12(28)16(32)22(36)38-18)8-6-26-21(35)19-15(31)13(29)17(33)23(37)39-19/h1-4,12-19,22-23,28-33,36-37H,5-9H2,(H,25,34)(H,26,35)/t12-,13-,14-,15-,16+,17+,18-,19-,22?,23?/m0/s1. The predicted molar refractivity (Wildman–Crippen MR) is 138 cm³/mol. The molecule has 2 fully saturated rings. The van der Waals surface area contributed by atoms with E-state index in [0.29, 0.717) is 6.54 Å². The van der Waals surface area contributed by atoms with E-state index in [2.05, 4.69) is 33.2 Å². The fraction of sp³-hybridized carbons (Fsp3) is 0.652. The van der Waals surface area contributed by atoms with Crippen molar-refractivity contribution in [2.75, 3.05) is 26.2 Å². The molecule has 2 aliphatic heterocycles. The SMILES string of the molecule is O=C(NCCN(CCNC(=O)[C@H]1OC(O)[C@H](O)[C@@H](O)[C@@H]1O)Cc1ccc(I)cc1)[C@H]1OC(O)[C@H](O)[C@@H](O)[C@@H]1O. The fourth-order valence-corrected chi connectivity index (χ4v) is 4.51. The zero-order valence-electron chi connectivity index (χ0n) is 20.7. The number of halogens is 1. The van der Waals surface area contributed by atoms with Crippen LogP contribution in [0.15, 0.2) is 24.3 Å². The highest BCUT2D eigenvalue weighted by Gasteiger charge is 2.47. The van der Waals surface area contributed by atoms with Gasteiger partial charge in [0.15, 0.2) is 24.8 Å². The van der Waals surface area contributed by atoms with Gasteiger partial charge in [-0.15, -0.1) is 0 Å². The highest BCUT2D eigenvalue weighted by atomic mass is 127. The van der Waals surface area contributed by atoms with Gasteiger partial charge >= 0.3 is 0 Å². The summed E-state index contributed by atoms with van der Waals surface area (Å²) in [5.41, 5.74) is 0.936. The Morgan fingerprint density at radius 2 is 1.10 bits per heavy atom. The van der Waals surface area contributed by atoms with Crippen LogP contribution in [0.3, 0.4) is 0 Å². The quantitative estimate of drug-likeness (QED) is 0.105. The molecule has 2 aliphatic rings. The zero-order chi connectivity index (χ0) is 28.9. The molecule has 3 rings (SSSR count). The summed E-state index contributed by atoms with van der Waals surface area (Å²) >= 11 is 2.17. The Morgan fingerprint density at radius 3 is 1.51 bits per heavy atom. The first-order chi connectivity index (χ1) is 18.4. The van der Waals surface area contributed by atoms with Crippen LogP contribution in [0, 0.1) is 3.57 Å². The van der Waals surface area contributed by atoms with Crippen molar-refractivity contribution in [1.82, 2.24) is 15.5 Å². The Hall–Kier alpha value is -1.55. The number of hydrogen-bond acceptors (Lipinski definition) is 13. The molecule has 1 aromatic carbocycles. The summed E-state index contributed by atoms with van der Waals surface area (Å²) in [7, 11) is 0. The molecular weight excluding hydrogens is 637 g/mol. The summed E-state index contributed by atoms with van der Waals surface area (Å²) in [4.78, 5) is 26.9. The normalized spacial score (nSPS) is 35.0. The van der Waals surface area contributed by atoms with Gasteiger partial charge in [-0.25, -0.2) is 0 Å². The molecule has 10 N–H and O–H groups in total. The van der Waals surface area contributed by atoms with E-state index in [1.807, 2.05) is 29.2 Å². The van der Waals surface area contributed by atoms with Gasteiger partial charge in [0.05, 0.1) is 0 Å². The molecule has 2 heterocycles. The first-order valence-electron chi connectivity index (χ1n) is 12.2. The molecule has 39 heavy (non-hydrogen) atoms. The molecule has 220 valence electrons. The number of aliphatic hydroxyl groups is 8. The lowest BCUT2D eigenvalue weighted by molar-refractivity contribution is -0.275. The molecule has 2 saturated heterocycles. The van der Waals surface area contributed by atoms with Gasteiger partial charge in [-0.3, -0.25) is 14.5 Å². The van der Waals surface area contributed by atoms with Crippen LogP contribution in [0.25, 0.3) is 0 Å². The van der Waals surface area contributed by atoms with Crippen LogP contribution in [0.5, 0.6) is 0 Å². The van der Waals surface area contributed by atoms with Gasteiger partial charge in [0, 0.05) is 36.3 Å². The van der Waals surface area contributed by atoms with E-state index in [1.54, 1.807) is 0 Å². The number of rotatable bonds is 10. The summed E-state index contributed by atoms with van der Waals surface area (Å²) in [5, 5.41) is 83.2. The summed E-state index contributed by atoms with van der Waals surface area (Å²) in [6.07, 6.45) is -17.5. The molecule has 16 heteroatoms. The summed E-state index contributed by atoms with van der Waals surface area (Å²) in [6.45, 7) is 1.05. The summed E-state index contributed by atoms with van der Waals surface area (Å²) in [6, 6.07) is 7.65. The minimum Gasteiger partial charge on any atom is -0.387 e. The molecule has 0 radical (unpaired) electrons. The van der Waals surface area contributed by atoms with Gasteiger partial charge in [0.1, 0.15) is 36.6 Å². The van der Waals surface area contributed by atoms with Crippen LogP contribution in [-0.4, -0.2) is 145 Å². The van der Waals surface area contributed by atoms with Crippen molar-refractivity contribution in [1.29, 1.82) is 0 Å². The van der Waals surface area contributed by atoms with E-state index in [9.17, 15) is 50.4 Å². The van der Waals surface area contributed by atoms with E-state index in [-0.39, 0.29) is 26.2 Å². The van der Waals surface area contributed by atoms with Gasteiger partial charge in [-0.1, -0.05) is 12.1 Å². The first-order valence-corrected chi connectivity index (χ1v) is 13.3. The average Bonchev–Trinajstić information content (AvgIpc) is 2.91. The Bertz CT molecular complexity index is 907. The molecule has 0 aromatic heterocycles. The number of carbonyl (C=O) groups is 2. The van der Waals surface area contributed by atoms with Crippen molar-refractivity contribution in [2.24, 2.45) is 0 Å². The van der Waals surface area contributed by atoms with Gasteiger partial charge < -0.3 is 61.0 Å². The second-order valence-corrected chi connectivity index (χ2v) is 10.6. The fourth-order valence-electron chi connectivity index (χ4n) is 4.15. The van der Waals surface area contributed by atoms with Crippen molar-refractivity contribution in [2.45, 2.75) is 68.0 Å². The largest absolute Gasteiger partial charge is 0.387 e. The number of nitrogens with one attached hydrogen (secondary N) is 2. The average molecular weight is 671 g/mol. The maximum atomic E-state index is 12.5. The van der Waals surface area contributed by atoms with Crippen molar-refractivity contribution >= 4 is 34.4 Å². The van der Waals surface area contributed by atoms with Crippen molar-refractivity contribution in [3.63, 3.8) is 0 Å². The van der Waals surface area contributed by atoms with Crippen molar-refractivity contribution in [3.05, 3.63) is 33.4 Å². The molecule has 0 saturated carbocycles. The van der Waals surface area contributed by atoms with Crippen LogP contribution in [0.2, 0.25) is 0 Å². The third-order valence-electron chi connectivity index (χ3n) is 6.47. The number of amides is 2. The molecule has 15 nitrogen and oxygen atoms in total. The molecule has 0 aliphatic carbocycles. The highest BCUT2D eigenvalue weighted by molar-refractivity contribution is 14.1. The van der Waals surface area contributed by atoms with Crippen LogP contribution in [0.4, 0.5) is 0 Å². The second-order valence-electron chi connectivity index (χ2n) is 9.32. The molecule has 0 bridgehead atoms. The number of ether oxygens (including phenoxy) is 2. The van der Waals surface area contributed by atoms with Gasteiger partial charge in [0.25, 0.3) is 11.8 Å². The topological polar surface area (TPSA) is 242 Å². The molecule has 2 amide bonds. The highest BCUT2D eigenvalue weighted by Crippen LogP contribution is 2.21. The maximum Gasteiger partial charge on any atom is 0.252 e. The molecule has 2 unspecified atom stereocenters. The summed E-state index contributed by atoms with van der Waals surface area (Å²) in [5.74, 6) is -1.62. The van der Waals surface area contributed by atoms with Crippen molar-refractivity contribution in [3.8, 4) is 0 Å². The third kappa shape index (κ3) is 8.24. The first kappa shape index (κ1) is 32.0. The molecular formula is C23H34IN3O12. The van der Waals surface area contributed by atoms with Crippen LogP contribution in [0.1, 0.15) is 5.56 Å². The number of aliphatic hydroxyl groups excluding tert-OH is 8. The van der Waals surface area contributed by atoms with E-state index >= 15 is 0 Å². The third-order valence-corrected chi connectivity index (χ3v) is 7.19. The van der Waals surface area contributed by atoms with Gasteiger partial charge in [-0.2, -0.15) is 0 Å². The van der Waals surface area contributed by atoms with Crippen LogP contribution < -0.4 is 10.6 Å².